The van der Waals surface area contributed by atoms with Gasteiger partial charge < -0.3 is 5.11 Å². The van der Waals surface area contributed by atoms with Gasteiger partial charge in [0.05, 0.1) is 21.2 Å². The van der Waals surface area contributed by atoms with Crippen LogP contribution in [0.5, 0.6) is 0 Å². The van der Waals surface area contributed by atoms with E-state index in [0.717, 1.165) is 18.2 Å². The number of sulfone groups is 1. The fraction of sp³-hybridized carbons (Fsp3) is 0.364. The third-order valence-corrected chi connectivity index (χ3v) is 6.10. The highest BCUT2D eigenvalue weighted by Gasteiger charge is 2.18. The number of halogens is 1. The number of rotatable bonds is 7. The van der Waals surface area contributed by atoms with Crippen LogP contribution in [-0.4, -0.2) is 46.0 Å². The van der Waals surface area contributed by atoms with E-state index in [1.807, 2.05) is 0 Å². The molecule has 1 aromatic rings. The minimum Gasteiger partial charge on any atom is -0.478 e. The van der Waals surface area contributed by atoms with E-state index in [9.17, 15) is 21.6 Å². The molecule has 0 aromatic heterocycles. The normalized spacial score (nSPS) is 12.3. The van der Waals surface area contributed by atoms with Gasteiger partial charge in [0.1, 0.15) is 0 Å². The van der Waals surface area contributed by atoms with Crippen LogP contribution >= 0.6 is 11.6 Å². The maximum absolute atomic E-state index is 11.9. The Bertz CT molecular complexity index is 742. The highest BCUT2D eigenvalue weighted by atomic mass is 35.5. The summed E-state index contributed by atoms with van der Waals surface area (Å²) in [6.07, 6.45) is 0. The highest BCUT2D eigenvalue weighted by Crippen LogP contribution is 2.20. The van der Waals surface area contributed by atoms with Gasteiger partial charge >= 0.3 is 5.97 Å². The molecular formula is C11H14ClNO6S2. The molecule has 1 rings (SSSR count). The van der Waals surface area contributed by atoms with Gasteiger partial charge in [0, 0.05) is 12.3 Å². The zero-order valence-corrected chi connectivity index (χ0v) is 13.4. The minimum atomic E-state index is -3.95. The van der Waals surface area contributed by atoms with E-state index in [1.165, 1.54) is 6.92 Å². The number of hydrogen-bond acceptors (Lipinski definition) is 5. The van der Waals surface area contributed by atoms with E-state index >= 15 is 0 Å². The molecule has 0 atom stereocenters. The lowest BCUT2D eigenvalue weighted by molar-refractivity contribution is 0.0697. The molecule has 0 saturated heterocycles. The van der Waals surface area contributed by atoms with Crippen molar-refractivity contribution in [3.05, 3.63) is 28.8 Å². The van der Waals surface area contributed by atoms with Crippen LogP contribution in [0.15, 0.2) is 23.1 Å². The Morgan fingerprint density at radius 3 is 2.38 bits per heavy atom. The van der Waals surface area contributed by atoms with Crippen LogP contribution < -0.4 is 4.72 Å². The van der Waals surface area contributed by atoms with Crippen molar-refractivity contribution in [3.63, 3.8) is 0 Å². The van der Waals surface area contributed by atoms with E-state index in [0.29, 0.717) is 0 Å². The van der Waals surface area contributed by atoms with E-state index in [1.54, 1.807) is 0 Å². The third-order valence-electron chi connectivity index (χ3n) is 2.63. The summed E-state index contributed by atoms with van der Waals surface area (Å²) in [4.78, 5) is 10.6. The summed E-state index contributed by atoms with van der Waals surface area (Å²) >= 11 is 5.69. The van der Waals surface area contributed by atoms with E-state index in [4.69, 9.17) is 16.7 Å². The van der Waals surface area contributed by atoms with Gasteiger partial charge in [0.25, 0.3) is 0 Å². The second-order valence-corrected chi connectivity index (χ2v) is 8.73. The zero-order chi connectivity index (χ0) is 16.3. The zero-order valence-electron chi connectivity index (χ0n) is 11.0. The molecule has 0 heterocycles. The van der Waals surface area contributed by atoms with Crippen molar-refractivity contribution in [2.45, 2.75) is 11.8 Å². The first-order valence-corrected chi connectivity index (χ1v) is 9.50. The summed E-state index contributed by atoms with van der Waals surface area (Å²) in [5.41, 5.74) is -0.218. The lowest BCUT2D eigenvalue weighted by Crippen LogP contribution is -2.29. The Hall–Kier alpha value is -1.16. The number of carboxylic acids is 1. The molecule has 1 aromatic carbocycles. The number of sulfonamides is 1. The van der Waals surface area contributed by atoms with Crippen molar-refractivity contribution in [2.24, 2.45) is 0 Å². The minimum absolute atomic E-state index is 0.0755. The fourth-order valence-corrected chi connectivity index (χ4v) is 3.61. The predicted octanol–water partition coefficient (Wildman–Crippen LogP) is 0.751. The first kappa shape index (κ1) is 17.9. The standard InChI is InChI=1S/C11H14ClNO6S2/c1-2-20(16,17)6-5-13-21(18,19)8-3-4-9(11(14)15)10(12)7-8/h3-4,7,13H,2,5-6H2,1H3,(H,14,15). The van der Waals surface area contributed by atoms with E-state index in [-0.39, 0.29) is 33.5 Å². The molecule has 0 aliphatic carbocycles. The largest absolute Gasteiger partial charge is 0.478 e. The van der Waals surface area contributed by atoms with Crippen molar-refractivity contribution in [1.29, 1.82) is 0 Å². The number of nitrogens with one attached hydrogen (secondary N) is 1. The Morgan fingerprint density at radius 2 is 1.90 bits per heavy atom. The number of carboxylic acid groups (broad SMARTS) is 1. The van der Waals surface area contributed by atoms with Crippen LogP contribution in [0.1, 0.15) is 17.3 Å². The van der Waals surface area contributed by atoms with Crippen molar-refractivity contribution >= 4 is 37.4 Å². The molecule has 0 radical (unpaired) electrons. The lowest BCUT2D eigenvalue weighted by atomic mass is 10.2. The molecule has 10 heteroatoms. The Kier molecular flexibility index (Phi) is 5.74. The van der Waals surface area contributed by atoms with Crippen molar-refractivity contribution in [3.8, 4) is 0 Å². The number of carbonyl (C=O) groups is 1. The van der Waals surface area contributed by atoms with Crippen LogP contribution in [0, 0.1) is 0 Å². The van der Waals surface area contributed by atoms with Gasteiger partial charge in [-0.05, 0) is 18.2 Å². The van der Waals surface area contributed by atoms with Crippen molar-refractivity contribution in [2.75, 3.05) is 18.1 Å². The van der Waals surface area contributed by atoms with Gasteiger partial charge in [-0.25, -0.2) is 26.4 Å². The van der Waals surface area contributed by atoms with Crippen molar-refractivity contribution in [1.82, 2.24) is 4.72 Å². The number of benzene rings is 1. The van der Waals surface area contributed by atoms with Gasteiger partial charge in [-0.2, -0.15) is 0 Å². The fourth-order valence-electron chi connectivity index (χ4n) is 1.40. The van der Waals surface area contributed by atoms with E-state index in [2.05, 4.69) is 4.72 Å². The smallest absolute Gasteiger partial charge is 0.337 e. The summed E-state index contributed by atoms with van der Waals surface area (Å²) in [5, 5.41) is 8.59. The highest BCUT2D eigenvalue weighted by molar-refractivity contribution is 7.91. The van der Waals surface area contributed by atoms with E-state index < -0.39 is 25.8 Å². The molecular weight excluding hydrogens is 342 g/mol. The van der Waals surface area contributed by atoms with Crippen molar-refractivity contribution < 1.29 is 26.7 Å². The first-order chi connectivity index (χ1) is 9.59. The van der Waals surface area contributed by atoms with Gasteiger partial charge in [-0.3, -0.25) is 0 Å². The second kappa shape index (κ2) is 6.73. The monoisotopic (exact) mass is 355 g/mol. The molecule has 2 N–H and O–H groups in total. The number of hydrogen-bond donors (Lipinski definition) is 2. The molecule has 0 saturated carbocycles. The van der Waals surface area contributed by atoms with Gasteiger partial charge in [0.2, 0.25) is 10.0 Å². The van der Waals surface area contributed by atoms with Crippen LogP contribution in [0.25, 0.3) is 0 Å². The van der Waals surface area contributed by atoms with Crippen LogP contribution in [0.2, 0.25) is 5.02 Å². The molecule has 0 amide bonds. The second-order valence-electron chi connectivity index (χ2n) is 4.08. The first-order valence-electron chi connectivity index (χ1n) is 5.82. The molecule has 0 fully saturated rings. The topological polar surface area (TPSA) is 118 Å². The summed E-state index contributed by atoms with van der Waals surface area (Å²) in [6, 6.07) is 3.16. The molecule has 118 valence electrons. The Balaban J connectivity index is 2.89. The molecule has 0 spiro atoms. The summed E-state index contributed by atoms with van der Waals surface area (Å²) in [5.74, 6) is -1.66. The average molecular weight is 356 g/mol. The number of aromatic carboxylic acids is 1. The average Bonchev–Trinajstić information content (AvgIpc) is 2.37. The van der Waals surface area contributed by atoms with Crippen LogP contribution in [0.3, 0.4) is 0 Å². The van der Waals surface area contributed by atoms with Crippen LogP contribution in [-0.2, 0) is 19.9 Å². The Labute approximate surface area is 127 Å². The molecule has 7 nitrogen and oxygen atoms in total. The summed E-state index contributed by atoms with van der Waals surface area (Å²) in [6.45, 7) is 1.20. The molecule has 0 bridgehead atoms. The Morgan fingerprint density at radius 1 is 1.29 bits per heavy atom. The summed E-state index contributed by atoms with van der Waals surface area (Å²) in [7, 11) is -7.23. The van der Waals surface area contributed by atoms with Gasteiger partial charge in [-0.15, -0.1) is 0 Å². The maximum Gasteiger partial charge on any atom is 0.337 e. The molecule has 0 unspecified atom stereocenters. The van der Waals surface area contributed by atoms with Gasteiger partial charge in [-0.1, -0.05) is 18.5 Å². The predicted molar refractivity (Wildman–Crippen MR) is 77.9 cm³/mol. The molecule has 21 heavy (non-hydrogen) atoms. The molecule has 0 aliphatic rings. The quantitative estimate of drug-likeness (QED) is 0.745. The maximum atomic E-state index is 11.9. The lowest BCUT2D eigenvalue weighted by Gasteiger charge is -2.08. The third kappa shape index (κ3) is 4.95. The SMILES string of the molecule is CCS(=O)(=O)CCNS(=O)(=O)c1ccc(C(=O)O)c(Cl)c1. The van der Waals surface area contributed by atoms with Gasteiger partial charge in [0.15, 0.2) is 9.84 Å². The van der Waals surface area contributed by atoms with Crippen LogP contribution in [0.4, 0.5) is 0 Å². The molecule has 0 aliphatic heterocycles. The summed E-state index contributed by atoms with van der Waals surface area (Å²) < 4.78 is 48.5.